The molecule has 0 aromatic heterocycles. The molecule has 1 aromatic rings. The van der Waals surface area contributed by atoms with Crippen molar-refractivity contribution >= 4 is 20.2 Å². The second-order valence-electron chi connectivity index (χ2n) is 6.38. The first-order valence-electron chi connectivity index (χ1n) is 6.59. The molecular formula is C16H24O2Si. The second-order valence-corrected chi connectivity index (χ2v) is 11.1. The van der Waals surface area contributed by atoms with Gasteiger partial charge < -0.3 is 4.43 Å². The standard InChI is InChI=1S/C16H24O2Si/c1-13(17)7-8-14-9-11-15(12-10-14)18-19(5,6)16(2,3)4/h7-12H,1-6H3/b8-7+. The predicted molar refractivity (Wildman–Crippen MR) is 84.0 cm³/mol. The first kappa shape index (κ1) is 15.7. The number of rotatable bonds is 4. The molecule has 0 unspecified atom stereocenters. The van der Waals surface area contributed by atoms with Gasteiger partial charge in [0, 0.05) is 0 Å². The molecule has 0 saturated carbocycles. The number of ketones is 1. The van der Waals surface area contributed by atoms with Crippen LogP contribution in [0.1, 0.15) is 33.3 Å². The molecule has 1 rings (SSSR count). The van der Waals surface area contributed by atoms with Gasteiger partial charge in [0.05, 0.1) is 0 Å². The lowest BCUT2D eigenvalue weighted by atomic mass is 10.2. The van der Waals surface area contributed by atoms with Gasteiger partial charge in [-0.15, -0.1) is 0 Å². The number of allylic oxidation sites excluding steroid dienone is 1. The Balaban J connectivity index is 2.81. The van der Waals surface area contributed by atoms with Crippen molar-refractivity contribution in [1.29, 1.82) is 0 Å². The first-order valence-corrected chi connectivity index (χ1v) is 9.50. The van der Waals surface area contributed by atoms with Crippen LogP contribution in [0.5, 0.6) is 5.75 Å². The maximum Gasteiger partial charge on any atom is 0.250 e. The van der Waals surface area contributed by atoms with Crippen molar-refractivity contribution in [2.45, 2.75) is 45.8 Å². The average molecular weight is 276 g/mol. The molecule has 0 fully saturated rings. The molecule has 0 atom stereocenters. The third kappa shape index (κ3) is 4.67. The Bertz CT molecular complexity index is 465. The van der Waals surface area contributed by atoms with Crippen molar-refractivity contribution in [3.8, 4) is 5.75 Å². The van der Waals surface area contributed by atoms with Gasteiger partial charge in [0.1, 0.15) is 5.75 Å². The van der Waals surface area contributed by atoms with Gasteiger partial charge >= 0.3 is 0 Å². The topological polar surface area (TPSA) is 26.3 Å². The largest absolute Gasteiger partial charge is 0.544 e. The first-order chi connectivity index (χ1) is 8.62. The Morgan fingerprint density at radius 3 is 2.11 bits per heavy atom. The minimum atomic E-state index is -1.77. The molecule has 2 nitrogen and oxygen atoms in total. The van der Waals surface area contributed by atoms with Crippen molar-refractivity contribution in [1.82, 2.24) is 0 Å². The van der Waals surface area contributed by atoms with E-state index in [9.17, 15) is 4.79 Å². The zero-order valence-corrected chi connectivity index (χ0v) is 13.8. The smallest absolute Gasteiger partial charge is 0.250 e. The molecular weight excluding hydrogens is 252 g/mol. The summed E-state index contributed by atoms with van der Waals surface area (Å²) >= 11 is 0. The van der Waals surface area contributed by atoms with Gasteiger partial charge in [-0.05, 0) is 48.8 Å². The third-order valence-corrected chi connectivity index (χ3v) is 7.93. The second kappa shape index (κ2) is 5.74. The fraction of sp³-hybridized carbons (Fsp3) is 0.438. The van der Waals surface area contributed by atoms with Crippen LogP contribution in [0.15, 0.2) is 30.3 Å². The van der Waals surface area contributed by atoms with E-state index in [4.69, 9.17) is 4.43 Å². The van der Waals surface area contributed by atoms with Crippen LogP contribution in [-0.4, -0.2) is 14.1 Å². The maximum atomic E-state index is 10.9. The van der Waals surface area contributed by atoms with Crippen LogP contribution < -0.4 is 4.43 Å². The molecule has 0 saturated heterocycles. The van der Waals surface area contributed by atoms with E-state index in [1.807, 2.05) is 30.3 Å². The quantitative estimate of drug-likeness (QED) is 0.590. The van der Waals surface area contributed by atoms with Crippen molar-refractivity contribution in [3.05, 3.63) is 35.9 Å². The molecule has 0 bridgehead atoms. The van der Waals surface area contributed by atoms with Crippen LogP contribution in [0.4, 0.5) is 0 Å². The number of hydrogen-bond acceptors (Lipinski definition) is 2. The van der Waals surface area contributed by atoms with Crippen LogP contribution in [0.2, 0.25) is 18.1 Å². The van der Waals surface area contributed by atoms with E-state index in [-0.39, 0.29) is 10.8 Å². The van der Waals surface area contributed by atoms with Crippen LogP contribution in [0, 0.1) is 0 Å². The summed E-state index contributed by atoms with van der Waals surface area (Å²) in [5.41, 5.74) is 1.01. The van der Waals surface area contributed by atoms with Gasteiger partial charge in [-0.3, -0.25) is 4.79 Å². The molecule has 0 aliphatic rings. The van der Waals surface area contributed by atoms with E-state index in [1.54, 1.807) is 13.0 Å². The van der Waals surface area contributed by atoms with Gasteiger partial charge in [-0.25, -0.2) is 0 Å². The van der Waals surface area contributed by atoms with Gasteiger partial charge in [-0.1, -0.05) is 39.0 Å². The number of hydrogen-bond donors (Lipinski definition) is 0. The Morgan fingerprint density at radius 2 is 1.68 bits per heavy atom. The minimum absolute atomic E-state index is 0.0570. The van der Waals surface area contributed by atoms with Crippen molar-refractivity contribution in [2.24, 2.45) is 0 Å². The van der Waals surface area contributed by atoms with Crippen molar-refractivity contribution < 1.29 is 9.22 Å². The zero-order valence-electron chi connectivity index (χ0n) is 12.8. The highest BCUT2D eigenvalue weighted by Gasteiger charge is 2.38. The van der Waals surface area contributed by atoms with E-state index in [1.165, 1.54) is 0 Å². The highest BCUT2D eigenvalue weighted by atomic mass is 28.4. The van der Waals surface area contributed by atoms with Crippen LogP contribution in [-0.2, 0) is 4.79 Å². The summed E-state index contributed by atoms with van der Waals surface area (Å²) in [6.45, 7) is 12.7. The fourth-order valence-corrected chi connectivity index (χ4v) is 2.34. The maximum absolute atomic E-state index is 10.9. The predicted octanol–water partition coefficient (Wildman–Crippen LogP) is 4.67. The van der Waals surface area contributed by atoms with Gasteiger partial charge in [0.15, 0.2) is 5.78 Å². The normalized spacial score (nSPS) is 12.7. The molecule has 1 aromatic carbocycles. The fourth-order valence-electron chi connectivity index (χ4n) is 1.31. The summed E-state index contributed by atoms with van der Waals surface area (Å²) in [6, 6.07) is 7.89. The summed E-state index contributed by atoms with van der Waals surface area (Å²) in [5, 5.41) is 0.195. The van der Waals surface area contributed by atoms with Crippen molar-refractivity contribution in [3.63, 3.8) is 0 Å². The summed E-state index contributed by atoms with van der Waals surface area (Å²) < 4.78 is 6.19. The molecule has 0 heterocycles. The number of carbonyl (C=O) groups is 1. The summed E-state index contributed by atoms with van der Waals surface area (Å²) in [5.74, 6) is 0.966. The Kier molecular flexibility index (Phi) is 4.74. The van der Waals surface area contributed by atoms with E-state index < -0.39 is 8.32 Å². The molecule has 0 aliphatic heterocycles. The molecule has 0 radical (unpaired) electrons. The third-order valence-electron chi connectivity index (χ3n) is 3.57. The molecule has 19 heavy (non-hydrogen) atoms. The number of benzene rings is 1. The number of carbonyl (C=O) groups excluding carboxylic acids is 1. The Labute approximate surface area is 117 Å². The molecule has 0 aliphatic carbocycles. The average Bonchev–Trinajstić information content (AvgIpc) is 2.26. The van der Waals surface area contributed by atoms with Crippen molar-refractivity contribution in [2.75, 3.05) is 0 Å². The van der Waals surface area contributed by atoms with E-state index in [2.05, 4.69) is 33.9 Å². The highest BCUT2D eigenvalue weighted by molar-refractivity contribution is 6.74. The Morgan fingerprint density at radius 1 is 1.16 bits per heavy atom. The van der Waals surface area contributed by atoms with Crippen LogP contribution >= 0.6 is 0 Å². The molecule has 104 valence electrons. The zero-order chi connectivity index (χ0) is 14.7. The molecule has 0 N–H and O–H groups in total. The van der Waals surface area contributed by atoms with Crippen LogP contribution in [0.3, 0.4) is 0 Å². The van der Waals surface area contributed by atoms with Gasteiger partial charge in [0.25, 0.3) is 0 Å². The molecule has 0 spiro atoms. The summed E-state index contributed by atoms with van der Waals surface area (Å²) in [6.07, 6.45) is 3.39. The van der Waals surface area contributed by atoms with E-state index in [0.717, 1.165) is 11.3 Å². The SMILES string of the molecule is CC(=O)/C=C/c1ccc(O[Si](C)(C)C(C)(C)C)cc1. The van der Waals surface area contributed by atoms with Gasteiger partial charge in [0.2, 0.25) is 8.32 Å². The molecule has 0 amide bonds. The van der Waals surface area contributed by atoms with E-state index in [0.29, 0.717) is 0 Å². The minimum Gasteiger partial charge on any atom is -0.544 e. The lowest BCUT2D eigenvalue weighted by molar-refractivity contribution is -0.112. The Hall–Kier alpha value is -1.35. The summed E-state index contributed by atoms with van der Waals surface area (Å²) in [4.78, 5) is 10.9. The highest BCUT2D eigenvalue weighted by Crippen LogP contribution is 2.37. The lowest BCUT2D eigenvalue weighted by Crippen LogP contribution is -2.43. The molecule has 3 heteroatoms. The summed E-state index contributed by atoms with van der Waals surface area (Å²) in [7, 11) is -1.77. The van der Waals surface area contributed by atoms with E-state index >= 15 is 0 Å². The van der Waals surface area contributed by atoms with Gasteiger partial charge in [-0.2, -0.15) is 0 Å². The monoisotopic (exact) mass is 276 g/mol. The van der Waals surface area contributed by atoms with Crippen LogP contribution in [0.25, 0.3) is 6.08 Å². The lowest BCUT2D eigenvalue weighted by Gasteiger charge is -2.36.